The molecule has 2 aliphatic carbocycles. The molecule has 0 amide bonds. The molecule has 0 unspecified atom stereocenters. The molecule has 2 aromatic rings. The number of alkyl halides is 1. The van der Waals surface area contributed by atoms with Gasteiger partial charge >= 0.3 is 17.9 Å². The SMILES string of the molecule is Cc1ccccc1C(=O)Oc1ccc(C(=O)COC(=O)[C@@H]2[C@H]3C[C@H]4[C@H](OC(=O)[C@@H]42)[C@@H]3Br)cc1. The summed E-state index contributed by atoms with van der Waals surface area (Å²) in [5, 5.41) is 0. The largest absolute Gasteiger partial charge is 0.461 e. The van der Waals surface area contributed by atoms with Gasteiger partial charge in [-0.3, -0.25) is 14.4 Å². The summed E-state index contributed by atoms with van der Waals surface area (Å²) < 4.78 is 16.1. The van der Waals surface area contributed by atoms with Crippen LogP contribution in [0.15, 0.2) is 48.5 Å². The molecule has 2 bridgehead atoms. The maximum absolute atomic E-state index is 12.7. The van der Waals surface area contributed by atoms with Crippen LogP contribution in [0.4, 0.5) is 0 Å². The molecule has 0 radical (unpaired) electrons. The second-order valence-corrected chi connectivity index (χ2v) is 9.78. The third-order valence-corrected chi connectivity index (χ3v) is 8.09. The zero-order valence-electron chi connectivity index (χ0n) is 17.7. The van der Waals surface area contributed by atoms with Gasteiger partial charge in [0.05, 0.1) is 22.2 Å². The van der Waals surface area contributed by atoms with Gasteiger partial charge in [-0.2, -0.15) is 0 Å². The smallest absolute Gasteiger partial charge is 0.343 e. The molecule has 1 heterocycles. The van der Waals surface area contributed by atoms with Crippen LogP contribution in [0.1, 0.15) is 32.7 Å². The van der Waals surface area contributed by atoms with Crippen molar-refractivity contribution >= 4 is 39.6 Å². The van der Waals surface area contributed by atoms with Crippen LogP contribution in [0.3, 0.4) is 0 Å². The lowest BCUT2D eigenvalue weighted by Gasteiger charge is -2.26. The number of rotatable bonds is 6. The van der Waals surface area contributed by atoms with Crippen LogP contribution in [0.5, 0.6) is 5.75 Å². The zero-order valence-corrected chi connectivity index (χ0v) is 19.3. The third-order valence-electron chi connectivity index (χ3n) is 6.89. The number of Topliss-reactive ketones (excluding diaryl/α,β-unsaturated/α-hetero) is 1. The highest BCUT2D eigenvalue weighted by Gasteiger charge is 2.68. The minimum atomic E-state index is -0.582. The van der Waals surface area contributed by atoms with Gasteiger partial charge < -0.3 is 14.2 Å². The Morgan fingerprint density at radius 3 is 2.52 bits per heavy atom. The van der Waals surface area contributed by atoms with Gasteiger partial charge in [0.25, 0.3) is 0 Å². The van der Waals surface area contributed by atoms with E-state index < -0.39 is 30.4 Å². The average Bonchev–Trinajstić information content (AvgIpc) is 3.42. The molecule has 6 atom stereocenters. The van der Waals surface area contributed by atoms with Crippen LogP contribution in [-0.2, 0) is 19.1 Å². The fourth-order valence-electron chi connectivity index (χ4n) is 5.28. The summed E-state index contributed by atoms with van der Waals surface area (Å²) in [7, 11) is 0. The van der Waals surface area contributed by atoms with Crippen molar-refractivity contribution in [1.82, 2.24) is 0 Å². The maximum atomic E-state index is 12.7. The first-order chi connectivity index (χ1) is 15.8. The van der Waals surface area contributed by atoms with Crippen molar-refractivity contribution < 1.29 is 33.4 Å². The first kappa shape index (κ1) is 21.8. The first-order valence-corrected chi connectivity index (χ1v) is 11.7. The standard InChI is InChI=1S/C25H21BrO7/c1-12-4-2-3-5-15(12)23(28)32-14-8-6-13(7-9-14)18(27)11-31-24(29)19-16-10-17-20(19)25(30)33-22(17)21(16)26/h2-9,16-17,19-22H,10-11H2,1H3/t16-,17-,19-,20+,21-,22+/m1/s1. The molecule has 0 spiro atoms. The summed E-state index contributed by atoms with van der Waals surface area (Å²) in [6.07, 6.45) is 0.574. The van der Waals surface area contributed by atoms with Crippen molar-refractivity contribution in [3.63, 3.8) is 0 Å². The Morgan fingerprint density at radius 1 is 1.06 bits per heavy atom. The Bertz CT molecular complexity index is 1140. The van der Waals surface area contributed by atoms with E-state index in [1.165, 1.54) is 24.3 Å². The Balaban J connectivity index is 1.18. The van der Waals surface area contributed by atoms with Crippen LogP contribution in [-0.4, -0.2) is 41.2 Å². The molecular weight excluding hydrogens is 492 g/mol. The Labute approximate surface area is 198 Å². The number of hydrogen-bond acceptors (Lipinski definition) is 7. The predicted octanol–water partition coefficient (Wildman–Crippen LogP) is 3.51. The van der Waals surface area contributed by atoms with Crippen LogP contribution in [0, 0.1) is 30.6 Å². The molecular formula is C25H21BrO7. The molecule has 170 valence electrons. The number of halogens is 1. The normalized spacial score (nSPS) is 29.0. The summed E-state index contributed by atoms with van der Waals surface area (Å²) in [4.78, 5) is 49.7. The van der Waals surface area contributed by atoms with E-state index in [2.05, 4.69) is 15.9 Å². The molecule has 0 N–H and O–H groups in total. The van der Waals surface area contributed by atoms with Crippen molar-refractivity contribution in [2.45, 2.75) is 24.3 Å². The summed E-state index contributed by atoms with van der Waals surface area (Å²) >= 11 is 3.56. The molecule has 0 aromatic heterocycles. The minimum absolute atomic E-state index is 0.0266. The number of ether oxygens (including phenoxy) is 3. The van der Waals surface area contributed by atoms with Gasteiger partial charge in [-0.05, 0) is 55.2 Å². The van der Waals surface area contributed by atoms with E-state index in [1.54, 1.807) is 12.1 Å². The lowest BCUT2D eigenvalue weighted by molar-refractivity contribution is -0.154. The molecule has 33 heavy (non-hydrogen) atoms. The van der Waals surface area contributed by atoms with Crippen molar-refractivity contribution in [3.8, 4) is 5.75 Å². The Morgan fingerprint density at radius 2 is 1.79 bits per heavy atom. The highest BCUT2D eigenvalue weighted by Crippen LogP contribution is 2.60. The van der Waals surface area contributed by atoms with Gasteiger partial charge in [0.2, 0.25) is 0 Å². The molecule has 3 aliphatic rings. The molecule has 5 rings (SSSR count). The van der Waals surface area contributed by atoms with E-state index in [-0.39, 0.29) is 34.5 Å². The Hall–Kier alpha value is -3.00. The van der Waals surface area contributed by atoms with Crippen molar-refractivity contribution in [2.75, 3.05) is 6.61 Å². The quantitative estimate of drug-likeness (QED) is 0.253. The van der Waals surface area contributed by atoms with E-state index in [0.717, 1.165) is 12.0 Å². The van der Waals surface area contributed by atoms with Gasteiger partial charge in [0, 0.05) is 11.5 Å². The van der Waals surface area contributed by atoms with Gasteiger partial charge in [-0.15, -0.1) is 0 Å². The van der Waals surface area contributed by atoms with Crippen molar-refractivity contribution in [1.29, 1.82) is 0 Å². The number of carbonyl (C=O) groups excluding carboxylic acids is 4. The highest BCUT2D eigenvalue weighted by molar-refractivity contribution is 9.09. The monoisotopic (exact) mass is 512 g/mol. The molecule has 7 nitrogen and oxygen atoms in total. The second kappa shape index (κ2) is 8.41. The zero-order chi connectivity index (χ0) is 23.3. The summed E-state index contributed by atoms with van der Waals surface area (Å²) in [5.74, 6) is -2.49. The number of esters is 3. The van der Waals surface area contributed by atoms with Gasteiger partial charge in [0.1, 0.15) is 11.9 Å². The molecule has 3 fully saturated rings. The summed E-state index contributed by atoms with van der Waals surface area (Å²) in [5.41, 5.74) is 1.60. The summed E-state index contributed by atoms with van der Waals surface area (Å²) in [6.45, 7) is 1.40. The summed E-state index contributed by atoms with van der Waals surface area (Å²) in [6, 6.07) is 13.2. The minimum Gasteiger partial charge on any atom is -0.461 e. The van der Waals surface area contributed by atoms with E-state index in [1.807, 2.05) is 19.1 Å². The lowest BCUT2D eigenvalue weighted by Crippen LogP contribution is -2.39. The highest BCUT2D eigenvalue weighted by atomic mass is 79.9. The molecule has 1 aliphatic heterocycles. The van der Waals surface area contributed by atoms with E-state index in [4.69, 9.17) is 14.2 Å². The lowest BCUT2D eigenvalue weighted by atomic mass is 9.80. The van der Waals surface area contributed by atoms with Gasteiger partial charge in [-0.25, -0.2) is 4.79 Å². The average molecular weight is 513 g/mol. The number of hydrogen-bond donors (Lipinski definition) is 0. The third kappa shape index (κ3) is 3.76. The van der Waals surface area contributed by atoms with Gasteiger partial charge in [0.15, 0.2) is 12.4 Å². The number of carbonyl (C=O) groups is 4. The fourth-order valence-corrected chi connectivity index (χ4v) is 6.33. The Kier molecular flexibility index (Phi) is 5.56. The topological polar surface area (TPSA) is 96.0 Å². The number of fused-ring (bicyclic) bond motifs is 1. The van der Waals surface area contributed by atoms with E-state index in [9.17, 15) is 19.2 Å². The number of benzene rings is 2. The predicted molar refractivity (Wildman–Crippen MR) is 119 cm³/mol. The molecule has 1 saturated heterocycles. The molecule has 2 aromatic carbocycles. The van der Waals surface area contributed by atoms with Crippen molar-refractivity contribution in [2.24, 2.45) is 23.7 Å². The van der Waals surface area contributed by atoms with Crippen molar-refractivity contribution in [3.05, 3.63) is 65.2 Å². The molecule has 8 heteroatoms. The second-order valence-electron chi connectivity index (χ2n) is 8.72. The van der Waals surface area contributed by atoms with Crippen LogP contribution in [0.25, 0.3) is 0 Å². The number of ketones is 1. The van der Waals surface area contributed by atoms with Gasteiger partial charge in [-0.1, -0.05) is 34.1 Å². The van der Waals surface area contributed by atoms with Crippen LogP contribution < -0.4 is 4.74 Å². The fraction of sp³-hybridized carbons (Fsp3) is 0.360. The first-order valence-electron chi connectivity index (χ1n) is 10.8. The van der Waals surface area contributed by atoms with E-state index in [0.29, 0.717) is 16.9 Å². The maximum Gasteiger partial charge on any atom is 0.343 e. The number of aryl methyl sites for hydroxylation is 1. The molecule has 2 saturated carbocycles. The van der Waals surface area contributed by atoms with Crippen LogP contribution in [0.2, 0.25) is 0 Å². The van der Waals surface area contributed by atoms with Crippen LogP contribution >= 0.6 is 15.9 Å². The van der Waals surface area contributed by atoms with E-state index >= 15 is 0 Å².